The molecule has 0 unspecified atom stereocenters. The molecule has 0 aliphatic carbocycles. The summed E-state index contributed by atoms with van der Waals surface area (Å²) in [5, 5.41) is 13.6. The zero-order chi connectivity index (χ0) is 15.6. The Balaban J connectivity index is 2.34. The lowest BCUT2D eigenvalue weighted by Gasteiger charge is -2.29. The van der Waals surface area contributed by atoms with Gasteiger partial charge in [0.15, 0.2) is 0 Å². The van der Waals surface area contributed by atoms with E-state index in [9.17, 15) is 18.5 Å². The number of sulfonamides is 1. The standard InChI is InChI=1S/C13H19N3O4S/c1-10-5-7-15(8-6-10)21(19,20)11-3-4-13(16(17)18)12(9-11)14-2/h3-4,9-10,14H,5-8H2,1-2H3. The molecule has 2 rings (SSSR count). The zero-order valence-electron chi connectivity index (χ0n) is 12.1. The maximum Gasteiger partial charge on any atom is 0.292 e. The van der Waals surface area contributed by atoms with Gasteiger partial charge < -0.3 is 5.32 Å². The third-order valence-electron chi connectivity index (χ3n) is 3.81. The van der Waals surface area contributed by atoms with Crippen LogP contribution in [0.4, 0.5) is 11.4 Å². The monoisotopic (exact) mass is 313 g/mol. The number of nitro groups is 1. The minimum absolute atomic E-state index is 0.0898. The molecule has 21 heavy (non-hydrogen) atoms. The predicted molar refractivity (Wildman–Crippen MR) is 79.8 cm³/mol. The second-order valence-corrected chi connectivity index (χ2v) is 7.21. The van der Waals surface area contributed by atoms with Crippen molar-refractivity contribution < 1.29 is 13.3 Å². The van der Waals surface area contributed by atoms with Gasteiger partial charge in [-0.25, -0.2) is 8.42 Å². The predicted octanol–water partition coefficient (Wildman–Crippen LogP) is 2.06. The second-order valence-electron chi connectivity index (χ2n) is 5.27. The molecule has 1 heterocycles. The molecule has 0 spiro atoms. The molecule has 1 N–H and O–H groups in total. The second kappa shape index (κ2) is 5.98. The van der Waals surface area contributed by atoms with E-state index >= 15 is 0 Å². The molecule has 0 aromatic heterocycles. The Morgan fingerprint density at radius 2 is 1.95 bits per heavy atom. The van der Waals surface area contributed by atoms with Gasteiger partial charge in [-0.2, -0.15) is 4.31 Å². The number of hydrogen-bond acceptors (Lipinski definition) is 5. The number of nitrogens with zero attached hydrogens (tertiary/aromatic N) is 2. The summed E-state index contributed by atoms with van der Waals surface area (Å²) in [4.78, 5) is 10.4. The number of nitro benzene ring substituents is 1. The van der Waals surface area contributed by atoms with E-state index in [1.807, 2.05) is 0 Å². The highest BCUT2D eigenvalue weighted by atomic mass is 32.2. The van der Waals surface area contributed by atoms with E-state index in [-0.39, 0.29) is 16.3 Å². The van der Waals surface area contributed by atoms with Gasteiger partial charge in [0.25, 0.3) is 5.69 Å². The fourth-order valence-electron chi connectivity index (χ4n) is 2.41. The number of piperidine rings is 1. The summed E-state index contributed by atoms with van der Waals surface area (Å²) in [6.07, 6.45) is 1.68. The summed E-state index contributed by atoms with van der Waals surface area (Å²) in [7, 11) is -2.06. The Bertz CT molecular complexity index is 637. The molecular weight excluding hydrogens is 294 g/mol. The largest absolute Gasteiger partial charge is 0.383 e. The van der Waals surface area contributed by atoms with Crippen molar-refractivity contribution in [3.63, 3.8) is 0 Å². The van der Waals surface area contributed by atoms with Gasteiger partial charge in [-0.1, -0.05) is 6.92 Å². The molecule has 1 aliphatic heterocycles. The Morgan fingerprint density at radius 1 is 1.33 bits per heavy atom. The normalized spacial score (nSPS) is 17.6. The maximum absolute atomic E-state index is 12.6. The minimum atomic E-state index is -3.59. The molecule has 8 heteroatoms. The molecule has 1 fully saturated rings. The molecule has 1 aromatic carbocycles. The lowest BCUT2D eigenvalue weighted by Crippen LogP contribution is -2.37. The van der Waals surface area contributed by atoms with Gasteiger partial charge in [-0.05, 0) is 30.9 Å². The first-order valence-corrected chi connectivity index (χ1v) is 8.26. The van der Waals surface area contributed by atoms with Crippen LogP contribution in [-0.4, -0.2) is 37.8 Å². The fraction of sp³-hybridized carbons (Fsp3) is 0.538. The van der Waals surface area contributed by atoms with E-state index < -0.39 is 14.9 Å². The molecule has 1 aromatic rings. The van der Waals surface area contributed by atoms with Crippen molar-refractivity contribution >= 4 is 21.4 Å². The number of benzene rings is 1. The topological polar surface area (TPSA) is 92.6 Å². The SMILES string of the molecule is CNc1cc(S(=O)(=O)N2CCC(C)CC2)ccc1[N+](=O)[O-]. The number of rotatable bonds is 4. The first kappa shape index (κ1) is 15.7. The molecule has 7 nitrogen and oxygen atoms in total. The molecule has 1 saturated heterocycles. The highest BCUT2D eigenvalue weighted by Crippen LogP contribution is 2.30. The van der Waals surface area contributed by atoms with Crippen LogP contribution in [0.25, 0.3) is 0 Å². The smallest absolute Gasteiger partial charge is 0.292 e. The van der Waals surface area contributed by atoms with Crippen molar-refractivity contribution in [3.05, 3.63) is 28.3 Å². The Labute approximate surface area is 124 Å². The maximum atomic E-state index is 12.6. The third-order valence-corrected chi connectivity index (χ3v) is 5.71. The highest BCUT2D eigenvalue weighted by Gasteiger charge is 2.29. The Kier molecular flexibility index (Phi) is 4.48. The Morgan fingerprint density at radius 3 is 2.48 bits per heavy atom. The van der Waals surface area contributed by atoms with Crippen LogP contribution in [0, 0.1) is 16.0 Å². The fourth-order valence-corrected chi connectivity index (χ4v) is 3.91. The number of anilines is 1. The molecular formula is C13H19N3O4S. The average Bonchev–Trinajstić information content (AvgIpc) is 2.46. The van der Waals surface area contributed by atoms with E-state index in [2.05, 4.69) is 12.2 Å². The van der Waals surface area contributed by atoms with Gasteiger partial charge in [0.05, 0.1) is 9.82 Å². The van der Waals surface area contributed by atoms with Gasteiger partial charge in [0, 0.05) is 26.2 Å². The first-order chi connectivity index (χ1) is 9.86. The number of nitrogens with one attached hydrogen (secondary N) is 1. The van der Waals surface area contributed by atoms with Crippen molar-refractivity contribution in [1.29, 1.82) is 0 Å². The van der Waals surface area contributed by atoms with Gasteiger partial charge in [0.1, 0.15) is 5.69 Å². The summed E-state index contributed by atoms with van der Waals surface area (Å²) < 4.78 is 26.6. The average molecular weight is 313 g/mol. The summed E-state index contributed by atoms with van der Waals surface area (Å²) >= 11 is 0. The molecule has 0 bridgehead atoms. The van der Waals surface area contributed by atoms with E-state index in [0.29, 0.717) is 19.0 Å². The van der Waals surface area contributed by atoms with Crippen LogP contribution in [0.2, 0.25) is 0 Å². The molecule has 1 aliphatic rings. The Hall–Kier alpha value is -1.67. The van der Waals surface area contributed by atoms with Crippen molar-refractivity contribution in [3.8, 4) is 0 Å². The van der Waals surface area contributed by atoms with Crippen LogP contribution >= 0.6 is 0 Å². The summed E-state index contributed by atoms with van der Waals surface area (Å²) in [5.74, 6) is 0.529. The highest BCUT2D eigenvalue weighted by molar-refractivity contribution is 7.89. The van der Waals surface area contributed by atoms with Gasteiger partial charge in [0.2, 0.25) is 10.0 Å². The molecule has 0 saturated carbocycles. The van der Waals surface area contributed by atoms with Gasteiger partial charge in [-0.3, -0.25) is 10.1 Å². The van der Waals surface area contributed by atoms with E-state index in [0.717, 1.165) is 12.8 Å². The summed E-state index contributed by atoms with van der Waals surface area (Å²) in [6.45, 7) is 3.10. The molecule has 0 amide bonds. The van der Waals surface area contributed by atoms with E-state index in [1.54, 1.807) is 0 Å². The lowest BCUT2D eigenvalue weighted by atomic mass is 10.0. The van der Waals surface area contributed by atoms with Crippen LogP contribution < -0.4 is 5.32 Å². The number of hydrogen-bond donors (Lipinski definition) is 1. The first-order valence-electron chi connectivity index (χ1n) is 6.82. The van der Waals surface area contributed by atoms with E-state index in [4.69, 9.17) is 0 Å². The zero-order valence-corrected chi connectivity index (χ0v) is 12.9. The van der Waals surface area contributed by atoms with Crippen LogP contribution in [-0.2, 0) is 10.0 Å². The quantitative estimate of drug-likeness (QED) is 0.678. The van der Waals surface area contributed by atoms with Crippen LogP contribution in [0.5, 0.6) is 0 Å². The van der Waals surface area contributed by atoms with Gasteiger partial charge in [-0.15, -0.1) is 0 Å². The summed E-state index contributed by atoms with van der Waals surface area (Å²) in [6, 6.07) is 3.85. The van der Waals surface area contributed by atoms with Crippen LogP contribution in [0.1, 0.15) is 19.8 Å². The van der Waals surface area contributed by atoms with Crippen LogP contribution in [0.3, 0.4) is 0 Å². The van der Waals surface area contributed by atoms with Gasteiger partial charge >= 0.3 is 0 Å². The van der Waals surface area contributed by atoms with Crippen molar-refractivity contribution in [1.82, 2.24) is 4.31 Å². The van der Waals surface area contributed by atoms with Crippen molar-refractivity contribution in [2.75, 3.05) is 25.5 Å². The molecule has 0 radical (unpaired) electrons. The summed E-state index contributed by atoms with van der Waals surface area (Å²) in [5.41, 5.74) is 0.0650. The molecule has 0 atom stereocenters. The van der Waals surface area contributed by atoms with Crippen molar-refractivity contribution in [2.24, 2.45) is 5.92 Å². The van der Waals surface area contributed by atoms with Crippen LogP contribution in [0.15, 0.2) is 23.1 Å². The molecule has 116 valence electrons. The third kappa shape index (κ3) is 3.16. The lowest BCUT2D eigenvalue weighted by molar-refractivity contribution is -0.384. The van der Waals surface area contributed by atoms with E-state index in [1.165, 1.54) is 29.6 Å². The minimum Gasteiger partial charge on any atom is -0.383 e. The van der Waals surface area contributed by atoms with Crippen molar-refractivity contribution in [2.45, 2.75) is 24.7 Å².